The predicted octanol–water partition coefficient (Wildman–Crippen LogP) is 2.32. The van der Waals surface area contributed by atoms with Crippen molar-refractivity contribution in [2.24, 2.45) is 0 Å². The number of hydrogen-bond donors (Lipinski definition) is 1. The van der Waals surface area contributed by atoms with Crippen LogP contribution in [0.1, 0.15) is 32.3 Å². The Bertz CT molecular complexity index is 1140. The van der Waals surface area contributed by atoms with E-state index >= 15 is 0 Å². The van der Waals surface area contributed by atoms with Crippen molar-refractivity contribution in [3.63, 3.8) is 0 Å². The molecule has 0 aliphatic carbocycles. The minimum Gasteiger partial charge on any atom is -0.377 e. The highest BCUT2D eigenvalue weighted by atomic mass is 19.4. The number of morpholine rings is 1. The maximum absolute atomic E-state index is 12.8. The highest BCUT2D eigenvalue weighted by molar-refractivity contribution is 5.96. The molecule has 3 heterocycles. The molecule has 13 heteroatoms. The van der Waals surface area contributed by atoms with Crippen LogP contribution in [0.5, 0.6) is 0 Å². The number of nitrogens with one attached hydrogen (secondary N) is 1. The SMILES string of the molecule is Cc1nocc1C(=O)N1CCOC[C@H]1CNC(=O)c1ccc(-c2noc(C(F)(F)F)n2)cc1. The third-order valence-electron chi connectivity index (χ3n) is 5.04. The van der Waals surface area contributed by atoms with E-state index in [4.69, 9.17) is 9.26 Å². The molecule has 1 saturated heterocycles. The smallest absolute Gasteiger partial charge is 0.377 e. The minimum absolute atomic E-state index is 0.135. The van der Waals surface area contributed by atoms with Crippen LogP contribution in [-0.4, -0.2) is 64.4 Å². The van der Waals surface area contributed by atoms with Crippen molar-refractivity contribution in [2.75, 3.05) is 26.3 Å². The predicted molar refractivity (Wildman–Crippen MR) is 104 cm³/mol. The number of carbonyl (C=O) groups excluding carboxylic acids is 2. The van der Waals surface area contributed by atoms with Gasteiger partial charge in [0.15, 0.2) is 0 Å². The maximum atomic E-state index is 12.8. The Hall–Kier alpha value is -3.74. The average molecular weight is 465 g/mol. The number of benzene rings is 1. The molecule has 2 aromatic heterocycles. The van der Waals surface area contributed by atoms with Gasteiger partial charge in [-0.25, -0.2) is 0 Å². The molecule has 1 N–H and O–H groups in total. The van der Waals surface area contributed by atoms with Gasteiger partial charge in [-0.15, -0.1) is 0 Å². The van der Waals surface area contributed by atoms with Gasteiger partial charge in [0.1, 0.15) is 11.8 Å². The first-order valence-corrected chi connectivity index (χ1v) is 9.83. The molecule has 0 radical (unpaired) electrons. The van der Waals surface area contributed by atoms with Crippen molar-refractivity contribution >= 4 is 11.8 Å². The van der Waals surface area contributed by atoms with Gasteiger partial charge in [0.05, 0.1) is 24.9 Å². The number of carbonyl (C=O) groups is 2. The Morgan fingerprint density at radius 2 is 1.97 bits per heavy atom. The van der Waals surface area contributed by atoms with Gasteiger partial charge >= 0.3 is 12.1 Å². The molecule has 2 amide bonds. The Balaban J connectivity index is 1.39. The summed E-state index contributed by atoms with van der Waals surface area (Å²) in [5.41, 5.74) is 1.34. The van der Waals surface area contributed by atoms with Gasteiger partial charge in [-0.1, -0.05) is 22.4 Å². The second kappa shape index (κ2) is 9.02. The molecule has 1 aromatic carbocycles. The van der Waals surface area contributed by atoms with Crippen molar-refractivity contribution in [1.82, 2.24) is 25.5 Å². The number of rotatable bonds is 5. The Labute approximate surface area is 184 Å². The monoisotopic (exact) mass is 465 g/mol. The van der Waals surface area contributed by atoms with Gasteiger partial charge in [0.2, 0.25) is 5.82 Å². The molecule has 1 atom stereocenters. The molecule has 10 nitrogen and oxygen atoms in total. The van der Waals surface area contributed by atoms with Crippen LogP contribution in [0.2, 0.25) is 0 Å². The van der Waals surface area contributed by atoms with E-state index in [0.717, 1.165) is 0 Å². The van der Waals surface area contributed by atoms with Gasteiger partial charge in [-0.05, 0) is 19.1 Å². The average Bonchev–Trinajstić information content (AvgIpc) is 3.47. The zero-order chi connectivity index (χ0) is 23.6. The summed E-state index contributed by atoms with van der Waals surface area (Å²) in [6.07, 6.45) is -3.46. The third kappa shape index (κ3) is 4.87. The fourth-order valence-corrected chi connectivity index (χ4v) is 3.28. The summed E-state index contributed by atoms with van der Waals surface area (Å²) in [7, 11) is 0. The minimum atomic E-state index is -4.74. The standard InChI is InChI=1S/C20H18F3N5O5/c1-11-15(10-32-26-11)18(30)28-6-7-31-9-14(28)8-24-17(29)13-4-2-12(3-5-13)16-25-19(33-27-16)20(21,22)23/h2-5,10,14H,6-9H2,1H3,(H,24,29)/t14-/m1/s1. The number of ether oxygens (including phenoxy) is 1. The molecular formula is C20H18F3N5O5. The summed E-state index contributed by atoms with van der Waals surface area (Å²) >= 11 is 0. The second-order valence-corrected chi connectivity index (χ2v) is 7.25. The van der Waals surface area contributed by atoms with Gasteiger partial charge in [-0.3, -0.25) is 9.59 Å². The molecule has 174 valence electrons. The lowest BCUT2D eigenvalue weighted by molar-refractivity contribution is -0.159. The molecule has 0 spiro atoms. The molecule has 0 saturated carbocycles. The molecule has 1 fully saturated rings. The summed E-state index contributed by atoms with van der Waals surface area (Å²) < 4.78 is 52.3. The summed E-state index contributed by atoms with van der Waals surface area (Å²) in [5, 5.41) is 9.77. The number of nitrogens with zero attached hydrogens (tertiary/aromatic N) is 4. The second-order valence-electron chi connectivity index (χ2n) is 7.25. The molecule has 0 unspecified atom stereocenters. The zero-order valence-electron chi connectivity index (χ0n) is 17.3. The molecule has 1 aliphatic heterocycles. The summed E-state index contributed by atoms with van der Waals surface area (Å²) in [6, 6.07) is 5.27. The molecule has 3 aromatic rings. The number of aryl methyl sites for hydroxylation is 1. The quantitative estimate of drug-likeness (QED) is 0.609. The molecule has 4 rings (SSSR count). The third-order valence-corrected chi connectivity index (χ3v) is 5.04. The van der Waals surface area contributed by atoms with E-state index in [9.17, 15) is 22.8 Å². The maximum Gasteiger partial charge on any atom is 0.471 e. The molecule has 33 heavy (non-hydrogen) atoms. The first-order chi connectivity index (χ1) is 15.7. The fraction of sp³-hybridized carbons (Fsp3) is 0.350. The van der Waals surface area contributed by atoms with Crippen LogP contribution in [0.15, 0.2) is 39.6 Å². The number of halogens is 3. The van der Waals surface area contributed by atoms with E-state index in [-0.39, 0.29) is 36.0 Å². The number of alkyl halides is 3. The van der Waals surface area contributed by atoms with Crippen LogP contribution >= 0.6 is 0 Å². The summed E-state index contributed by atoms with van der Waals surface area (Å²) in [6.45, 7) is 2.76. The topological polar surface area (TPSA) is 124 Å². The van der Waals surface area contributed by atoms with Crippen molar-refractivity contribution in [3.05, 3.63) is 53.2 Å². The van der Waals surface area contributed by atoms with E-state index in [1.807, 2.05) is 0 Å². The summed E-state index contributed by atoms with van der Waals surface area (Å²) in [4.78, 5) is 30.3. The van der Waals surface area contributed by atoms with Crippen LogP contribution in [0.25, 0.3) is 11.4 Å². The van der Waals surface area contributed by atoms with E-state index in [2.05, 4.69) is 25.1 Å². The van der Waals surface area contributed by atoms with Gasteiger partial charge in [-0.2, -0.15) is 18.2 Å². The molecule has 0 bridgehead atoms. The van der Waals surface area contributed by atoms with Gasteiger partial charge in [0.25, 0.3) is 11.8 Å². The Kier molecular flexibility index (Phi) is 6.14. The lowest BCUT2D eigenvalue weighted by Gasteiger charge is -2.35. The van der Waals surface area contributed by atoms with Crippen molar-refractivity contribution in [1.29, 1.82) is 0 Å². The first kappa shape index (κ1) is 22.5. The van der Waals surface area contributed by atoms with E-state index in [1.165, 1.54) is 30.5 Å². The lowest BCUT2D eigenvalue weighted by Crippen LogP contribution is -2.53. The summed E-state index contributed by atoms with van der Waals surface area (Å²) in [5.74, 6) is -2.38. The highest BCUT2D eigenvalue weighted by Crippen LogP contribution is 2.29. The van der Waals surface area contributed by atoms with Crippen LogP contribution < -0.4 is 5.32 Å². The molecular weight excluding hydrogens is 447 g/mol. The van der Waals surface area contributed by atoms with E-state index in [1.54, 1.807) is 11.8 Å². The number of aromatic nitrogens is 3. The molecule has 1 aliphatic rings. The normalized spacial score (nSPS) is 16.6. The van der Waals surface area contributed by atoms with Crippen LogP contribution in [0.4, 0.5) is 13.2 Å². The number of amides is 2. The highest BCUT2D eigenvalue weighted by Gasteiger charge is 2.38. The van der Waals surface area contributed by atoms with Crippen LogP contribution in [0.3, 0.4) is 0 Å². The van der Waals surface area contributed by atoms with Crippen molar-refractivity contribution < 1.29 is 36.5 Å². The Morgan fingerprint density at radius 3 is 2.61 bits per heavy atom. The first-order valence-electron chi connectivity index (χ1n) is 9.83. The van der Waals surface area contributed by atoms with Crippen molar-refractivity contribution in [2.45, 2.75) is 19.1 Å². The number of hydrogen-bond acceptors (Lipinski definition) is 8. The van der Waals surface area contributed by atoms with E-state index in [0.29, 0.717) is 24.4 Å². The largest absolute Gasteiger partial charge is 0.471 e. The fourth-order valence-electron chi connectivity index (χ4n) is 3.28. The van der Waals surface area contributed by atoms with Gasteiger partial charge < -0.3 is 24.0 Å². The lowest BCUT2D eigenvalue weighted by atomic mass is 10.1. The van der Waals surface area contributed by atoms with Crippen LogP contribution in [-0.2, 0) is 10.9 Å². The van der Waals surface area contributed by atoms with Gasteiger partial charge in [0, 0.05) is 24.2 Å². The van der Waals surface area contributed by atoms with Crippen molar-refractivity contribution in [3.8, 4) is 11.4 Å². The zero-order valence-corrected chi connectivity index (χ0v) is 17.3. The van der Waals surface area contributed by atoms with E-state index < -0.39 is 24.0 Å². The Morgan fingerprint density at radius 1 is 1.21 bits per heavy atom. The van der Waals surface area contributed by atoms with Crippen LogP contribution in [0, 0.1) is 6.92 Å².